The van der Waals surface area contributed by atoms with Gasteiger partial charge in [-0.05, 0) is 12.1 Å². The van der Waals surface area contributed by atoms with Gasteiger partial charge in [0.1, 0.15) is 0 Å². The topological polar surface area (TPSA) is 89.1 Å². The van der Waals surface area contributed by atoms with Crippen molar-refractivity contribution in [3.05, 3.63) is 59.7 Å². The van der Waals surface area contributed by atoms with Crippen molar-refractivity contribution < 1.29 is 9.90 Å². The molecular weight excluding hydrogens is 308 g/mol. The predicted octanol–water partition coefficient (Wildman–Crippen LogP) is 0.612. The fraction of sp³-hybridized carbons (Fsp3) is 0.250. The summed E-state index contributed by atoms with van der Waals surface area (Å²) in [6.45, 7) is 1.42. The quantitative estimate of drug-likeness (QED) is 0.759. The summed E-state index contributed by atoms with van der Waals surface area (Å²) in [5, 5.41) is 21.3. The van der Waals surface area contributed by atoms with Gasteiger partial charge in [0.2, 0.25) is 0 Å². The monoisotopic (exact) mass is 324 g/mol. The summed E-state index contributed by atoms with van der Waals surface area (Å²) in [5.41, 5.74) is 3.14. The van der Waals surface area contributed by atoms with E-state index in [1.54, 1.807) is 26.7 Å². The first-order chi connectivity index (χ1) is 11.8. The number of para-hydroxylation sites is 1. The molecule has 0 unspecified atom stereocenters. The van der Waals surface area contributed by atoms with Crippen LogP contribution in [0.15, 0.2) is 42.7 Å². The lowest BCUT2D eigenvalue weighted by Gasteiger charge is -2.14. The average Bonchev–Trinajstić information content (AvgIpc) is 3.32. The molecule has 8 nitrogen and oxygen atoms in total. The smallest absolute Gasteiger partial charge is 0.276 e. The van der Waals surface area contributed by atoms with Gasteiger partial charge in [0, 0.05) is 12.1 Å². The molecule has 0 spiro atoms. The van der Waals surface area contributed by atoms with Crippen LogP contribution in [-0.4, -0.2) is 47.3 Å². The summed E-state index contributed by atoms with van der Waals surface area (Å²) in [6.07, 6.45) is 3.39. The van der Waals surface area contributed by atoms with Crippen LogP contribution >= 0.6 is 0 Å². The first-order valence-corrected chi connectivity index (χ1v) is 7.68. The standard InChI is InChI=1S/C16H16N6O2/c23-7-6-21-15-11-20(9-12(15)8-17-21)16(24)14-10-22(19-18-14)13-4-2-1-3-5-13/h1-5,8,10,23H,6-7,9,11H2. The minimum Gasteiger partial charge on any atom is -0.394 e. The number of amides is 1. The van der Waals surface area contributed by atoms with Gasteiger partial charge in [-0.1, -0.05) is 23.4 Å². The Morgan fingerprint density at radius 1 is 1.21 bits per heavy atom. The summed E-state index contributed by atoms with van der Waals surface area (Å²) in [7, 11) is 0. The third-order valence-electron chi connectivity index (χ3n) is 4.07. The van der Waals surface area contributed by atoms with Crippen LogP contribution < -0.4 is 0 Å². The lowest BCUT2D eigenvalue weighted by Crippen LogP contribution is -2.26. The molecule has 3 aromatic rings. The molecule has 0 saturated carbocycles. The van der Waals surface area contributed by atoms with E-state index in [2.05, 4.69) is 15.4 Å². The lowest BCUT2D eigenvalue weighted by atomic mass is 10.3. The number of carbonyl (C=O) groups excluding carboxylic acids is 1. The van der Waals surface area contributed by atoms with Crippen LogP contribution in [0.1, 0.15) is 21.7 Å². The maximum Gasteiger partial charge on any atom is 0.276 e. The highest BCUT2D eigenvalue weighted by molar-refractivity contribution is 5.92. The van der Waals surface area contributed by atoms with E-state index < -0.39 is 0 Å². The summed E-state index contributed by atoms with van der Waals surface area (Å²) in [4.78, 5) is 14.4. The summed E-state index contributed by atoms with van der Waals surface area (Å²) in [5.74, 6) is -0.163. The molecule has 4 rings (SSSR count). The highest BCUT2D eigenvalue weighted by Crippen LogP contribution is 2.23. The molecule has 0 saturated heterocycles. The zero-order valence-corrected chi connectivity index (χ0v) is 12.9. The molecule has 24 heavy (non-hydrogen) atoms. The van der Waals surface area contributed by atoms with Gasteiger partial charge in [-0.2, -0.15) is 5.10 Å². The Balaban J connectivity index is 1.52. The number of hydrogen-bond donors (Lipinski definition) is 1. The van der Waals surface area contributed by atoms with Crippen molar-refractivity contribution in [1.29, 1.82) is 0 Å². The molecule has 1 aromatic carbocycles. The van der Waals surface area contributed by atoms with Crippen LogP contribution in [-0.2, 0) is 19.6 Å². The van der Waals surface area contributed by atoms with Gasteiger partial charge in [-0.3, -0.25) is 9.48 Å². The van der Waals surface area contributed by atoms with E-state index >= 15 is 0 Å². The maximum absolute atomic E-state index is 12.7. The molecule has 122 valence electrons. The fourth-order valence-electron chi connectivity index (χ4n) is 2.87. The average molecular weight is 324 g/mol. The molecule has 0 radical (unpaired) electrons. The fourth-order valence-corrected chi connectivity index (χ4v) is 2.87. The summed E-state index contributed by atoms with van der Waals surface area (Å²) < 4.78 is 3.33. The Labute approximate surface area is 137 Å². The highest BCUT2D eigenvalue weighted by Gasteiger charge is 2.29. The Morgan fingerprint density at radius 3 is 2.83 bits per heavy atom. The van der Waals surface area contributed by atoms with Gasteiger partial charge in [0.05, 0.1) is 43.5 Å². The van der Waals surface area contributed by atoms with Crippen molar-refractivity contribution in [3.8, 4) is 5.69 Å². The molecule has 1 aliphatic heterocycles. The number of benzene rings is 1. The zero-order valence-electron chi connectivity index (χ0n) is 12.9. The number of nitrogens with zero attached hydrogens (tertiary/aromatic N) is 6. The van der Waals surface area contributed by atoms with E-state index in [0.29, 0.717) is 25.3 Å². The first kappa shape index (κ1) is 14.6. The molecule has 1 aliphatic rings. The van der Waals surface area contributed by atoms with E-state index in [-0.39, 0.29) is 12.5 Å². The minimum absolute atomic E-state index is 0.0213. The molecule has 0 atom stereocenters. The maximum atomic E-state index is 12.7. The number of aliphatic hydroxyl groups excluding tert-OH is 1. The van der Waals surface area contributed by atoms with E-state index in [1.807, 2.05) is 30.3 Å². The van der Waals surface area contributed by atoms with Crippen molar-refractivity contribution in [2.24, 2.45) is 0 Å². The third kappa shape index (κ3) is 2.46. The molecule has 0 aliphatic carbocycles. The van der Waals surface area contributed by atoms with Crippen molar-refractivity contribution in [1.82, 2.24) is 29.7 Å². The van der Waals surface area contributed by atoms with E-state index in [0.717, 1.165) is 16.9 Å². The van der Waals surface area contributed by atoms with Crippen LogP contribution in [0, 0.1) is 0 Å². The number of rotatable bonds is 4. The Kier molecular flexibility index (Phi) is 3.58. The zero-order chi connectivity index (χ0) is 16.5. The molecule has 0 fully saturated rings. The van der Waals surface area contributed by atoms with Gasteiger partial charge >= 0.3 is 0 Å². The molecule has 1 N–H and O–H groups in total. The summed E-state index contributed by atoms with van der Waals surface area (Å²) in [6, 6.07) is 9.53. The lowest BCUT2D eigenvalue weighted by molar-refractivity contribution is 0.0741. The summed E-state index contributed by atoms with van der Waals surface area (Å²) >= 11 is 0. The number of hydrogen-bond acceptors (Lipinski definition) is 5. The number of fused-ring (bicyclic) bond motifs is 1. The van der Waals surface area contributed by atoms with Gasteiger partial charge in [0.15, 0.2) is 5.69 Å². The van der Waals surface area contributed by atoms with E-state index in [9.17, 15) is 4.79 Å². The normalized spacial score (nSPS) is 13.3. The third-order valence-corrected chi connectivity index (χ3v) is 4.07. The van der Waals surface area contributed by atoms with Crippen LogP contribution in [0.4, 0.5) is 0 Å². The Morgan fingerprint density at radius 2 is 2.04 bits per heavy atom. The number of aliphatic hydroxyl groups is 1. The molecule has 8 heteroatoms. The molecule has 1 amide bonds. The predicted molar refractivity (Wildman–Crippen MR) is 84.2 cm³/mol. The largest absolute Gasteiger partial charge is 0.394 e. The second-order valence-corrected chi connectivity index (χ2v) is 5.61. The minimum atomic E-state index is -0.163. The van der Waals surface area contributed by atoms with Crippen molar-refractivity contribution >= 4 is 5.91 Å². The van der Waals surface area contributed by atoms with Gasteiger partial charge in [-0.25, -0.2) is 4.68 Å². The van der Waals surface area contributed by atoms with Crippen LogP contribution in [0.3, 0.4) is 0 Å². The molecular formula is C16H16N6O2. The SMILES string of the molecule is O=C(c1cn(-c2ccccc2)nn1)N1Cc2cnn(CCO)c2C1. The second kappa shape index (κ2) is 5.89. The molecule has 2 aromatic heterocycles. The van der Waals surface area contributed by atoms with Crippen LogP contribution in [0.25, 0.3) is 5.69 Å². The van der Waals surface area contributed by atoms with Crippen LogP contribution in [0.2, 0.25) is 0 Å². The number of aromatic nitrogens is 5. The van der Waals surface area contributed by atoms with E-state index in [1.165, 1.54) is 0 Å². The molecule has 3 heterocycles. The highest BCUT2D eigenvalue weighted by atomic mass is 16.3. The Hall–Kier alpha value is -3.00. The molecule has 0 bridgehead atoms. The number of carbonyl (C=O) groups is 1. The van der Waals surface area contributed by atoms with Gasteiger partial charge < -0.3 is 10.0 Å². The van der Waals surface area contributed by atoms with Crippen LogP contribution in [0.5, 0.6) is 0 Å². The van der Waals surface area contributed by atoms with Crippen molar-refractivity contribution in [3.63, 3.8) is 0 Å². The van der Waals surface area contributed by atoms with Gasteiger partial charge in [-0.15, -0.1) is 5.10 Å². The Bertz CT molecular complexity index is 870. The van der Waals surface area contributed by atoms with Gasteiger partial charge in [0.25, 0.3) is 5.91 Å². The van der Waals surface area contributed by atoms with E-state index in [4.69, 9.17) is 5.11 Å². The first-order valence-electron chi connectivity index (χ1n) is 7.68. The van der Waals surface area contributed by atoms with Crippen molar-refractivity contribution in [2.75, 3.05) is 6.61 Å². The second-order valence-electron chi connectivity index (χ2n) is 5.61. The van der Waals surface area contributed by atoms with Crippen molar-refractivity contribution in [2.45, 2.75) is 19.6 Å².